The number of methoxy groups -OCH3 is 1. The Balaban J connectivity index is 0.000000202. The Morgan fingerprint density at radius 2 is 0.750 bits per heavy atom. The van der Waals surface area contributed by atoms with Gasteiger partial charge in [-0.05, 0) is 106 Å². The van der Waals surface area contributed by atoms with E-state index in [1.165, 1.54) is 31.4 Å². The Labute approximate surface area is 636 Å². The van der Waals surface area contributed by atoms with E-state index in [4.69, 9.17) is 80.0 Å². The first-order valence-corrected chi connectivity index (χ1v) is 36.5. The molecule has 566 valence electrons. The standard InChI is InChI=1S/C44H45ClF2O8.C43H41ClF2O7/c1-3-51-37-22-19-33(38(46)39(37)47)23-34-24-35(20-21-36(34)45)44(50-2)42(54-27-32-17-11-6-12-18-32)40(52-25-30-13-7-4-8-14-30)41(43(28-48,29-49)55-44)53-26-31-15-9-5-10-16-31;1-2-48-36-21-18-32(37(45)38(36)46)22-33-23-34(19-20-35(33)44)43-41(51-26-31-16-10-5-11-17-31)39(49-24-29-12-6-3-7-13-29)40(42(27-47,53-43)28-52-43)50-25-30-14-8-4-9-15-30/h4-22,24,40-42,48-49H,3,23,25-29H2,1-2H3;3-21,23,39-41,47H,2,22,24-28H2,1H3/t40-,41-,42+,44-;39-,40-,41+,42-,43-/m00/s1. The predicted octanol–water partition coefficient (Wildman–Crippen LogP) is 16.2. The summed E-state index contributed by atoms with van der Waals surface area (Å²) in [5, 5.41) is 34.1. The highest BCUT2D eigenvalue weighted by Crippen LogP contribution is 2.54. The average molecular weight is 1520 g/mol. The molecule has 0 unspecified atom stereocenters. The highest BCUT2D eigenvalue weighted by atomic mass is 35.5. The van der Waals surface area contributed by atoms with Crippen LogP contribution in [-0.2, 0) is 111 Å². The molecule has 108 heavy (non-hydrogen) atoms. The van der Waals surface area contributed by atoms with Gasteiger partial charge in [-0.2, -0.15) is 8.78 Å². The molecule has 0 aliphatic carbocycles. The van der Waals surface area contributed by atoms with Gasteiger partial charge in [-0.3, -0.25) is 0 Å². The quantitative estimate of drug-likeness (QED) is 0.0340. The molecule has 21 heteroatoms. The molecule has 13 rings (SSSR count). The first-order chi connectivity index (χ1) is 52.6. The van der Waals surface area contributed by atoms with Crippen molar-refractivity contribution in [3.8, 4) is 11.5 Å². The Morgan fingerprint density at radius 3 is 1.14 bits per heavy atom. The maximum atomic E-state index is 15.4. The number of aliphatic hydroxyl groups is 3. The molecule has 10 aromatic carbocycles. The largest absolute Gasteiger partial charge is 0.491 e. The fraction of sp³-hybridized carbons (Fsp3) is 0.310. The van der Waals surface area contributed by atoms with E-state index in [1.54, 1.807) is 50.2 Å². The van der Waals surface area contributed by atoms with Crippen LogP contribution >= 0.6 is 23.2 Å². The van der Waals surface area contributed by atoms with E-state index in [1.807, 2.05) is 182 Å². The summed E-state index contributed by atoms with van der Waals surface area (Å²) in [6.07, 6.45) is -5.96. The lowest BCUT2D eigenvalue weighted by atomic mass is 9.80. The fourth-order valence-corrected chi connectivity index (χ4v) is 14.3. The van der Waals surface area contributed by atoms with Crippen LogP contribution in [0.25, 0.3) is 0 Å². The number of fused-ring (bicyclic) bond motifs is 2. The molecular weight excluding hydrogens is 1430 g/mol. The number of aliphatic hydroxyl groups excluding tert-OH is 3. The van der Waals surface area contributed by atoms with Gasteiger partial charge in [0.15, 0.2) is 23.1 Å². The summed E-state index contributed by atoms with van der Waals surface area (Å²) < 4.78 is 138. The van der Waals surface area contributed by atoms with Crippen LogP contribution in [0.4, 0.5) is 17.6 Å². The fourth-order valence-electron chi connectivity index (χ4n) is 13.9. The van der Waals surface area contributed by atoms with Crippen molar-refractivity contribution in [2.75, 3.05) is 46.8 Å². The van der Waals surface area contributed by atoms with E-state index in [0.717, 1.165) is 33.4 Å². The van der Waals surface area contributed by atoms with E-state index in [9.17, 15) is 24.1 Å². The molecule has 2 bridgehead atoms. The van der Waals surface area contributed by atoms with Crippen molar-refractivity contribution in [2.45, 2.75) is 126 Å². The summed E-state index contributed by atoms with van der Waals surface area (Å²) in [6.45, 7) is 2.81. The van der Waals surface area contributed by atoms with E-state index in [2.05, 4.69) is 0 Å². The van der Waals surface area contributed by atoms with Gasteiger partial charge in [-0.1, -0.05) is 229 Å². The van der Waals surface area contributed by atoms with Crippen molar-refractivity contribution in [2.24, 2.45) is 0 Å². The molecule has 9 atom stereocenters. The minimum Gasteiger partial charge on any atom is -0.491 e. The molecule has 3 aliphatic heterocycles. The topological polar surface area (TPSA) is 171 Å². The van der Waals surface area contributed by atoms with Gasteiger partial charge in [0.1, 0.15) is 47.8 Å². The van der Waals surface area contributed by atoms with Gasteiger partial charge in [0.25, 0.3) is 0 Å². The van der Waals surface area contributed by atoms with Crippen LogP contribution in [0.2, 0.25) is 10.0 Å². The summed E-state index contributed by atoms with van der Waals surface area (Å²) in [4.78, 5) is 0. The van der Waals surface area contributed by atoms with E-state index < -0.39 is 102 Å². The lowest BCUT2D eigenvalue weighted by Crippen LogP contribution is -2.72. The van der Waals surface area contributed by atoms with E-state index in [0.29, 0.717) is 27.3 Å². The van der Waals surface area contributed by atoms with Crippen LogP contribution in [-0.4, -0.2) is 110 Å². The van der Waals surface area contributed by atoms with Crippen molar-refractivity contribution in [3.05, 3.63) is 343 Å². The normalized spacial score (nSPS) is 22.1. The molecular formula is C87H86Cl2F4O15. The molecule has 3 heterocycles. The SMILES string of the molecule is CCOc1ccc(Cc2cc([C@]3(OC)OC(CO)(CO)[C@@H](OCc4ccccc4)[C@H](OCc4ccccc4)[C@H]3OCc3ccccc3)ccc2Cl)c(F)c1F.CCOc1ccc(Cc2cc([C@]34OC[C@](CO)(O3)[C@@H](OCc3ccccc3)[C@H](OCc3ccccc3)[C@H]4OCc3ccccc3)ccc2Cl)c(F)c1F. The average Bonchev–Trinajstić information content (AvgIpc) is 1.46. The summed E-state index contributed by atoms with van der Waals surface area (Å²) in [6, 6.07) is 73.5. The van der Waals surface area contributed by atoms with Crippen molar-refractivity contribution in [1.29, 1.82) is 0 Å². The molecule has 3 aliphatic rings. The molecule has 10 aromatic rings. The predicted molar refractivity (Wildman–Crippen MR) is 399 cm³/mol. The third-order valence-corrected chi connectivity index (χ3v) is 20.2. The van der Waals surface area contributed by atoms with Gasteiger partial charge >= 0.3 is 0 Å². The molecule has 0 amide bonds. The number of hydrogen-bond donors (Lipinski definition) is 3. The maximum absolute atomic E-state index is 15.4. The van der Waals surface area contributed by atoms with Crippen molar-refractivity contribution >= 4 is 23.2 Å². The Morgan fingerprint density at radius 1 is 0.389 bits per heavy atom. The smallest absolute Gasteiger partial charge is 0.225 e. The molecule has 0 aromatic heterocycles. The lowest BCUT2D eigenvalue weighted by Gasteiger charge is -2.56. The van der Waals surface area contributed by atoms with Crippen LogP contribution in [0.1, 0.15) is 80.6 Å². The van der Waals surface area contributed by atoms with Crippen LogP contribution < -0.4 is 9.47 Å². The van der Waals surface area contributed by atoms with Gasteiger partial charge in [0.2, 0.25) is 23.2 Å². The zero-order valence-corrected chi connectivity index (χ0v) is 61.5. The second-order valence-corrected chi connectivity index (χ2v) is 27.4. The number of benzene rings is 10. The number of hydrogen-bond acceptors (Lipinski definition) is 15. The molecule has 3 saturated heterocycles. The van der Waals surface area contributed by atoms with Gasteiger partial charge in [0, 0.05) is 41.1 Å². The van der Waals surface area contributed by atoms with Crippen LogP contribution in [0.3, 0.4) is 0 Å². The monoisotopic (exact) mass is 1520 g/mol. The molecule has 0 spiro atoms. The Bertz CT molecular complexity index is 4510. The summed E-state index contributed by atoms with van der Waals surface area (Å²) in [7, 11) is 1.42. The minimum atomic E-state index is -1.88. The minimum absolute atomic E-state index is 0.0324. The molecule has 3 fully saturated rings. The lowest BCUT2D eigenvalue weighted by molar-refractivity contribution is -0.417. The number of rotatable bonds is 32. The van der Waals surface area contributed by atoms with E-state index in [-0.39, 0.29) is 100.0 Å². The summed E-state index contributed by atoms with van der Waals surface area (Å²) >= 11 is 13.4. The van der Waals surface area contributed by atoms with Crippen molar-refractivity contribution in [3.63, 3.8) is 0 Å². The molecule has 0 saturated carbocycles. The van der Waals surface area contributed by atoms with E-state index >= 15 is 8.78 Å². The molecule has 0 radical (unpaired) electrons. The molecule has 3 N–H and O–H groups in total. The van der Waals surface area contributed by atoms with Crippen LogP contribution in [0.5, 0.6) is 11.5 Å². The maximum Gasteiger partial charge on any atom is 0.225 e. The highest BCUT2D eigenvalue weighted by Gasteiger charge is 2.70. The number of halogens is 6. The second-order valence-electron chi connectivity index (χ2n) is 26.6. The zero-order valence-electron chi connectivity index (χ0n) is 60.0. The highest BCUT2D eigenvalue weighted by molar-refractivity contribution is 6.31. The zero-order chi connectivity index (χ0) is 75.7. The number of ether oxygens (including phenoxy) is 12. The van der Waals surface area contributed by atoms with Gasteiger partial charge in [0.05, 0.1) is 79.3 Å². The summed E-state index contributed by atoms with van der Waals surface area (Å²) in [5.74, 6) is -8.08. The van der Waals surface area contributed by atoms with Gasteiger partial charge < -0.3 is 72.2 Å². The van der Waals surface area contributed by atoms with Crippen LogP contribution in [0, 0.1) is 23.3 Å². The van der Waals surface area contributed by atoms with Crippen molar-refractivity contribution in [1.82, 2.24) is 0 Å². The molecule has 15 nitrogen and oxygen atoms in total. The van der Waals surface area contributed by atoms with Gasteiger partial charge in [-0.25, -0.2) is 8.78 Å². The Kier molecular flexibility index (Phi) is 27.0. The Hall–Kier alpha value is -8.42. The van der Waals surface area contributed by atoms with Crippen molar-refractivity contribution < 1.29 is 89.7 Å². The third kappa shape index (κ3) is 17.7. The van der Waals surface area contributed by atoms with Gasteiger partial charge in [-0.15, -0.1) is 0 Å². The van der Waals surface area contributed by atoms with Crippen LogP contribution in [0.15, 0.2) is 243 Å². The first kappa shape index (κ1) is 79.1. The second kappa shape index (κ2) is 36.9. The third-order valence-electron chi connectivity index (χ3n) is 19.5. The first-order valence-electron chi connectivity index (χ1n) is 35.7. The summed E-state index contributed by atoms with van der Waals surface area (Å²) in [5.41, 5.74) is 4.11.